The summed E-state index contributed by atoms with van der Waals surface area (Å²) in [5.74, 6) is 0. The Morgan fingerprint density at radius 1 is 0.524 bits per heavy atom. The second-order valence-electron chi connectivity index (χ2n) is 12.4. The fourth-order valence-corrected chi connectivity index (χ4v) is 3.87. The largest absolute Gasteiger partial charge is 0.378 e. The van der Waals surface area contributed by atoms with Crippen molar-refractivity contribution in [1.29, 1.82) is 0 Å². The van der Waals surface area contributed by atoms with Crippen LogP contribution in [0.2, 0.25) is 0 Å². The Kier molecular flexibility index (Phi) is 22.0. The number of allylic oxidation sites excluding steroid dienone is 21. The highest BCUT2D eigenvalue weighted by atomic mass is 16.5. The number of hydrogen-bond acceptors (Lipinski definition) is 1. The molecule has 0 spiro atoms. The molecule has 0 N–H and O–H groups in total. The van der Waals surface area contributed by atoms with Crippen LogP contribution in [-0.4, -0.2) is 12.7 Å². The highest BCUT2D eigenvalue weighted by molar-refractivity contribution is 5.30. The molecule has 1 nitrogen and oxygen atoms in total. The molecule has 0 rings (SSSR count). The van der Waals surface area contributed by atoms with Crippen molar-refractivity contribution in [2.24, 2.45) is 0 Å². The van der Waals surface area contributed by atoms with E-state index < -0.39 is 0 Å². The van der Waals surface area contributed by atoms with Crippen LogP contribution in [0.4, 0.5) is 0 Å². The summed E-state index contributed by atoms with van der Waals surface area (Å²) in [5.41, 5.74) is 9.39. The van der Waals surface area contributed by atoms with Crippen molar-refractivity contribution in [2.45, 2.75) is 120 Å². The Morgan fingerprint density at radius 3 is 1.50 bits per heavy atom. The van der Waals surface area contributed by atoms with E-state index in [0.29, 0.717) is 0 Å². The van der Waals surface area contributed by atoms with Crippen molar-refractivity contribution in [3.63, 3.8) is 0 Å². The number of methoxy groups -OCH3 is 1. The molecular formula is C41H62O. The Labute approximate surface area is 261 Å². The molecule has 0 atom stereocenters. The minimum Gasteiger partial charge on any atom is -0.378 e. The third-order valence-electron chi connectivity index (χ3n) is 6.98. The van der Waals surface area contributed by atoms with Gasteiger partial charge in [-0.05, 0) is 114 Å². The zero-order valence-corrected chi connectivity index (χ0v) is 29.0. The first-order valence-corrected chi connectivity index (χ1v) is 15.7. The Hall–Kier alpha value is -2.90. The average Bonchev–Trinajstić information content (AvgIpc) is 2.91. The molecule has 0 heterocycles. The van der Waals surface area contributed by atoms with Crippen LogP contribution in [-0.2, 0) is 4.74 Å². The molecule has 1 heteroatoms. The van der Waals surface area contributed by atoms with Gasteiger partial charge in [0.25, 0.3) is 0 Å². The summed E-state index contributed by atoms with van der Waals surface area (Å²) in [4.78, 5) is 0. The van der Waals surface area contributed by atoms with Crippen LogP contribution in [0.15, 0.2) is 130 Å². The lowest BCUT2D eigenvalue weighted by molar-refractivity contribution is 0.0255. The third-order valence-corrected chi connectivity index (χ3v) is 6.98. The summed E-state index contributed by atoms with van der Waals surface area (Å²) in [6.07, 6.45) is 40.6. The van der Waals surface area contributed by atoms with Crippen molar-refractivity contribution < 1.29 is 4.74 Å². The van der Waals surface area contributed by atoms with E-state index in [1.807, 2.05) is 0 Å². The van der Waals surface area contributed by atoms with E-state index >= 15 is 0 Å². The molecule has 0 aliphatic carbocycles. The van der Waals surface area contributed by atoms with Crippen molar-refractivity contribution >= 4 is 0 Å². The van der Waals surface area contributed by atoms with Crippen LogP contribution in [0.5, 0.6) is 0 Å². The topological polar surface area (TPSA) is 9.23 Å². The lowest BCUT2D eigenvalue weighted by Crippen LogP contribution is -2.20. The van der Waals surface area contributed by atoms with E-state index in [4.69, 9.17) is 4.74 Å². The first kappa shape index (κ1) is 39.1. The molecule has 0 fully saturated rings. The van der Waals surface area contributed by atoms with Gasteiger partial charge in [-0.2, -0.15) is 0 Å². The molecule has 0 aliphatic heterocycles. The maximum absolute atomic E-state index is 5.47. The standard InChI is InChI=1S/C41H62O/c1-34(2)20-14-23-37(5)26-17-29-38(6)27-15-24-35(3)21-12-13-22-36(4)25-16-28-39(7)30-18-31-40(8)32-19-33-41(9,10)42-11/h12-13,15-16,19-22,24-28,31-32H,14,17-18,23,29-30,33H2,1-11H3/b13-12+,24-15+,25-16+,32-19+,35-21+,36-22+,37-26+,38-27+,39-28+,40-31+. The molecule has 0 amide bonds. The van der Waals surface area contributed by atoms with E-state index in [-0.39, 0.29) is 5.60 Å². The summed E-state index contributed by atoms with van der Waals surface area (Å²) < 4.78 is 5.47. The Morgan fingerprint density at radius 2 is 1.00 bits per heavy atom. The van der Waals surface area contributed by atoms with Gasteiger partial charge in [0.05, 0.1) is 5.60 Å². The van der Waals surface area contributed by atoms with E-state index in [9.17, 15) is 0 Å². The molecule has 0 bridgehead atoms. The molecular weight excluding hydrogens is 508 g/mol. The average molecular weight is 571 g/mol. The normalized spacial score (nSPS) is 15.3. The second kappa shape index (κ2) is 23.6. The minimum atomic E-state index is -0.100. The summed E-state index contributed by atoms with van der Waals surface area (Å²) >= 11 is 0. The SMILES string of the molecule is COC(C)(C)C/C=C/C(C)=C/CC/C(C)=C/C=C/C(C)=C/C=C/C=C(C)/C=C/C=C(\C)CC/C=C(\C)CCC=C(C)C. The number of ether oxygens (including phenoxy) is 1. The molecule has 0 aromatic carbocycles. The monoisotopic (exact) mass is 570 g/mol. The van der Waals surface area contributed by atoms with E-state index in [0.717, 1.165) is 38.5 Å². The first-order valence-electron chi connectivity index (χ1n) is 15.7. The zero-order chi connectivity index (χ0) is 31.8. The van der Waals surface area contributed by atoms with Gasteiger partial charge < -0.3 is 4.74 Å². The second-order valence-corrected chi connectivity index (χ2v) is 12.4. The van der Waals surface area contributed by atoms with Crippen LogP contribution in [0.3, 0.4) is 0 Å². The van der Waals surface area contributed by atoms with Crippen molar-refractivity contribution in [3.8, 4) is 0 Å². The molecule has 232 valence electrons. The van der Waals surface area contributed by atoms with Crippen LogP contribution in [0.1, 0.15) is 114 Å². The number of rotatable bonds is 19. The van der Waals surface area contributed by atoms with E-state index in [2.05, 4.69) is 160 Å². The molecule has 0 saturated carbocycles. The van der Waals surface area contributed by atoms with Gasteiger partial charge in [0.1, 0.15) is 0 Å². The Balaban J connectivity index is 4.56. The van der Waals surface area contributed by atoms with Crippen LogP contribution >= 0.6 is 0 Å². The van der Waals surface area contributed by atoms with Gasteiger partial charge in [-0.15, -0.1) is 0 Å². The summed E-state index contributed by atoms with van der Waals surface area (Å²) in [6, 6.07) is 0. The number of hydrogen-bond donors (Lipinski definition) is 0. The Bertz CT molecular complexity index is 1110. The van der Waals surface area contributed by atoms with Gasteiger partial charge in [0.2, 0.25) is 0 Å². The fourth-order valence-electron chi connectivity index (χ4n) is 3.87. The molecule has 0 unspecified atom stereocenters. The zero-order valence-electron chi connectivity index (χ0n) is 29.0. The van der Waals surface area contributed by atoms with Gasteiger partial charge in [-0.3, -0.25) is 0 Å². The highest BCUT2D eigenvalue weighted by Crippen LogP contribution is 2.15. The fraction of sp³-hybridized carbons (Fsp3) is 0.463. The van der Waals surface area contributed by atoms with E-state index in [1.165, 1.54) is 45.4 Å². The molecule has 0 aromatic heterocycles. The van der Waals surface area contributed by atoms with Gasteiger partial charge >= 0.3 is 0 Å². The summed E-state index contributed by atoms with van der Waals surface area (Å²) in [6.45, 7) is 21.7. The first-order chi connectivity index (χ1) is 19.8. The summed E-state index contributed by atoms with van der Waals surface area (Å²) in [5, 5.41) is 0. The predicted molar refractivity (Wildman–Crippen MR) is 192 cm³/mol. The maximum Gasteiger partial charge on any atom is 0.0657 e. The van der Waals surface area contributed by atoms with Gasteiger partial charge in [0, 0.05) is 7.11 Å². The molecule has 42 heavy (non-hydrogen) atoms. The van der Waals surface area contributed by atoms with Crippen molar-refractivity contribution in [1.82, 2.24) is 0 Å². The highest BCUT2D eigenvalue weighted by Gasteiger charge is 2.12. The quantitative estimate of drug-likeness (QED) is 0.111. The third kappa shape index (κ3) is 24.9. The van der Waals surface area contributed by atoms with Crippen LogP contribution in [0.25, 0.3) is 0 Å². The van der Waals surface area contributed by atoms with Gasteiger partial charge in [-0.25, -0.2) is 0 Å². The lowest BCUT2D eigenvalue weighted by Gasteiger charge is -2.20. The molecule has 0 saturated heterocycles. The van der Waals surface area contributed by atoms with E-state index in [1.54, 1.807) is 7.11 Å². The minimum absolute atomic E-state index is 0.100. The van der Waals surface area contributed by atoms with Gasteiger partial charge in [-0.1, -0.05) is 130 Å². The summed E-state index contributed by atoms with van der Waals surface area (Å²) in [7, 11) is 1.77. The lowest BCUT2D eigenvalue weighted by atomic mass is 10.0. The van der Waals surface area contributed by atoms with Crippen LogP contribution in [0, 0.1) is 0 Å². The molecule has 0 aliphatic rings. The maximum atomic E-state index is 5.47. The predicted octanol–water partition coefficient (Wildman–Crippen LogP) is 13.0. The van der Waals surface area contributed by atoms with Crippen molar-refractivity contribution in [3.05, 3.63) is 130 Å². The van der Waals surface area contributed by atoms with Crippen LogP contribution < -0.4 is 0 Å². The van der Waals surface area contributed by atoms with Gasteiger partial charge in [0.15, 0.2) is 0 Å². The molecule has 0 aromatic rings. The molecule has 0 radical (unpaired) electrons. The van der Waals surface area contributed by atoms with Crippen molar-refractivity contribution in [2.75, 3.05) is 7.11 Å². The smallest absolute Gasteiger partial charge is 0.0657 e.